The monoisotopic (exact) mass is 240 g/mol. The fraction of sp³-hybridized carbons (Fsp3) is 0.333. The van der Waals surface area contributed by atoms with Gasteiger partial charge in [0.05, 0.1) is 7.11 Å². The van der Waals surface area contributed by atoms with Gasteiger partial charge in [0.1, 0.15) is 5.82 Å². The molecule has 1 rings (SSSR count). The van der Waals surface area contributed by atoms with Crippen molar-refractivity contribution in [2.45, 2.75) is 6.92 Å². The molecule has 0 aliphatic carbocycles. The van der Waals surface area contributed by atoms with Gasteiger partial charge in [-0.2, -0.15) is 5.10 Å². The molecule has 0 bridgehead atoms. The molecule has 0 aromatic carbocycles. The molecule has 0 saturated heterocycles. The maximum atomic E-state index is 11.3. The summed E-state index contributed by atoms with van der Waals surface area (Å²) in [5.41, 5.74) is 0.00153. The van der Waals surface area contributed by atoms with E-state index in [0.29, 0.717) is 0 Å². The summed E-state index contributed by atoms with van der Waals surface area (Å²) in [6, 6.07) is 1.27. The Balaban J connectivity index is 3.16. The van der Waals surface area contributed by atoms with E-state index in [0.717, 1.165) is 4.68 Å². The summed E-state index contributed by atoms with van der Waals surface area (Å²) in [6.07, 6.45) is -0.802. The third-order valence-electron chi connectivity index (χ3n) is 1.82. The lowest BCUT2D eigenvalue weighted by molar-refractivity contribution is -0.114. The lowest BCUT2D eigenvalue weighted by atomic mass is 10.4. The van der Waals surface area contributed by atoms with Crippen LogP contribution in [0.5, 0.6) is 0 Å². The molecular weight excluding hydrogens is 228 g/mol. The normalized spacial score (nSPS) is 9.59. The molecule has 8 nitrogen and oxygen atoms in total. The summed E-state index contributed by atoms with van der Waals surface area (Å²) < 4.78 is 5.26. The number of carbonyl (C=O) groups excluding carboxylic acids is 3. The number of rotatable bonds is 2. The van der Waals surface area contributed by atoms with Crippen LogP contribution in [0.2, 0.25) is 0 Å². The minimum Gasteiger partial charge on any atom is -0.451 e. The van der Waals surface area contributed by atoms with Crippen LogP contribution in [0.15, 0.2) is 6.07 Å². The van der Waals surface area contributed by atoms with Crippen molar-refractivity contribution in [3.8, 4) is 0 Å². The maximum Gasteiger partial charge on any atom is 0.436 e. The van der Waals surface area contributed by atoms with E-state index >= 15 is 0 Å². The molecule has 1 aromatic heterocycles. The van der Waals surface area contributed by atoms with Crippen molar-refractivity contribution >= 4 is 23.7 Å². The first kappa shape index (κ1) is 12.7. The molecule has 0 atom stereocenters. The van der Waals surface area contributed by atoms with Crippen LogP contribution >= 0.6 is 0 Å². The van der Waals surface area contributed by atoms with Crippen LogP contribution in [0, 0.1) is 0 Å². The van der Waals surface area contributed by atoms with Crippen molar-refractivity contribution in [1.29, 1.82) is 0 Å². The highest BCUT2D eigenvalue weighted by Gasteiger charge is 2.18. The van der Waals surface area contributed by atoms with E-state index in [4.69, 9.17) is 0 Å². The van der Waals surface area contributed by atoms with Gasteiger partial charge in [0.25, 0.3) is 5.91 Å². The Morgan fingerprint density at radius 3 is 2.53 bits per heavy atom. The van der Waals surface area contributed by atoms with E-state index in [2.05, 4.69) is 20.5 Å². The summed E-state index contributed by atoms with van der Waals surface area (Å²) in [6.45, 7) is 1.27. The van der Waals surface area contributed by atoms with E-state index in [1.807, 2.05) is 0 Å². The Bertz CT molecular complexity index is 466. The van der Waals surface area contributed by atoms with Gasteiger partial charge in [-0.25, -0.2) is 4.79 Å². The number of methoxy groups -OCH3 is 1. The van der Waals surface area contributed by atoms with Gasteiger partial charge in [0.15, 0.2) is 5.69 Å². The highest BCUT2D eigenvalue weighted by molar-refractivity contribution is 5.96. The smallest absolute Gasteiger partial charge is 0.436 e. The van der Waals surface area contributed by atoms with Gasteiger partial charge in [-0.15, -0.1) is 4.68 Å². The van der Waals surface area contributed by atoms with Crippen LogP contribution < -0.4 is 10.6 Å². The van der Waals surface area contributed by atoms with Gasteiger partial charge in [0.2, 0.25) is 5.91 Å². The predicted octanol–water partition coefficient (Wildman–Crippen LogP) is -0.184. The minimum absolute atomic E-state index is 0.00153. The number of hydrogen-bond donors (Lipinski definition) is 2. The zero-order valence-corrected chi connectivity index (χ0v) is 9.60. The van der Waals surface area contributed by atoms with E-state index in [-0.39, 0.29) is 11.5 Å². The second kappa shape index (κ2) is 5.10. The van der Waals surface area contributed by atoms with Gasteiger partial charge in [0, 0.05) is 20.0 Å². The topological polar surface area (TPSA) is 102 Å². The maximum absolute atomic E-state index is 11.3. The SMILES string of the molecule is CNC(=O)c1cc(NC(C)=O)n(C(=O)OC)n1. The van der Waals surface area contributed by atoms with Crippen LogP contribution in [0.3, 0.4) is 0 Å². The zero-order valence-electron chi connectivity index (χ0n) is 9.60. The molecule has 1 heterocycles. The van der Waals surface area contributed by atoms with Gasteiger partial charge in [-0.1, -0.05) is 0 Å². The number of hydrogen-bond acceptors (Lipinski definition) is 5. The van der Waals surface area contributed by atoms with Crippen molar-refractivity contribution in [2.24, 2.45) is 0 Å². The standard InChI is InChI=1S/C9H12N4O4/c1-5(14)11-7-4-6(8(15)10-2)12-13(7)9(16)17-3/h4H,1-3H3,(H,10,15)(H,11,14). The molecule has 0 radical (unpaired) electrons. The summed E-state index contributed by atoms with van der Waals surface area (Å²) in [4.78, 5) is 33.6. The average molecular weight is 240 g/mol. The molecule has 92 valence electrons. The summed E-state index contributed by atoms with van der Waals surface area (Å²) in [7, 11) is 2.60. The molecule has 17 heavy (non-hydrogen) atoms. The van der Waals surface area contributed by atoms with Crippen LogP contribution in [0.4, 0.5) is 10.6 Å². The van der Waals surface area contributed by atoms with Crippen LogP contribution in [0.25, 0.3) is 0 Å². The molecule has 0 fully saturated rings. The lowest BCUT2D eigenvalue weighted by Gasteiger charge is -2.03. The Morgan fingerprint density at radius 1 is 1.41 bits per heavy atom. The first-order chi connectivity index (χ1) is 7.99. The zero-order chi connectivity index (χ0) is 13.0. The number of ether oxygens (including phenoxy) is 1. The first-order valence-corrected chi connectivity index (χ1v) is 4.67. The Kier molecular flexibility index (Phi) is 3.81. The molecule has 1 aromatic rings. The number of anilines is 1. The number of nitrogens with one attached hydrogen (secondary N) is 2. The second-order valence-electron chi connectivity index (χ2n) is 3.06. The fourth-order valence-corrected chi connectivity index (χ4v) is 1.12. The van der Waals surface area contributed by atoms with E-state index in [1.165, 1.54) is 27.1 Å². The number of carbonyl (C=O) groups is 3. The molecule has 0 aliphatic rings. The van der Waals surface area contributed by atoms with Crippen LogP contribution in [-0.4, -0.2) is 41.8 Å². The number of amides is 2. The minimum atomic E-state index is -0.802. The molecule has 0 spiro atoms. The molecule has 2 amide bonds. The third-order valence-corrected chi connectivity index (χ3v) is 1.82. The Morgan fingerprint density at radius 2 is 2.06 bits per heavy atom. The lowest BCUT2D eigenvalue weighted by Crippen LogP contribution is -2.21. The van der Waals surface area contributed by atoms with Gasteiger partial charge in [-0.3, -0.25) is 9.59 Å². The van der Waals surface area contributed by atoms with Crippen molar-refractivity contribution in [1.82, 2.24) is 15.1 Å². The summed E-state index contributed by atoms with van der Waals surface area (Å²) in [5.74, 6) is -0.791. The van der Waals surface area contributed by atoms with Crippen molar-refractivity contribution in [3.63, 3.8) is 0 Å². The second-order valence-corrected chi connectivity index (χ2v) is 3.06. The summed E-state index contributed by atoms with van der Waals surface area (Å²) >= 11 is 0. The number of nitrogens with zero attached hydrogens (tertiary/aromatic N) is 2. The Labute approximate surface area is 96.9 Å². The predicted molar refractivity (Wildman–Crippen MR) is 57.7 cm³/mol. The molecular formula is C9H12N4O4. The van der Waals surface area contributed by atoms with Crippen LogP contribution in [0.1, 0.15) is 17.4 Å². The first-order valence-electron chi connectivity index (χ1n) is 4.67. The van der Waals surface area contributed by atoms with Crippen molar-refractivity contribution in [3.05, 3.63) is 11.8 Å². The summed E-state index contributed by atoms with van der Waals surface area (Å²) in [5, 5.41) is 8.44. The third kappa shape index (κ3) is 2.80. The molecule has 8 heteroatoms. The van der Waals surface area contributed by atoms with Gasteiger partial charge in [-0.05, 0) is 0 Å². The van der Waals surface area contributed by atoms with E-state index in [1.54, 1.807) is 0 Å². The quantitative estimate of drug-likeness (QED) is 0.746. The van der Waals surface area contributed by atoms with Crippen molar-refractivity contribution < 1.29 is 19.1 Å². The highest BCUT2D eigenvalue weighted by atomic mass is 16.5. The molecule has 0 aliphatic heterocycles. The fourth-order valence-electron chi connectivity index (χ4n) is 1.12. The van der Waals surface area contributed by atoms with Gasteiger partial charge < -0.3 is 15.4 Å². The Hall–Kier alpha value is -2.38. The van der Waals surface area contributed by atoms with E-state index in [9.17, 15) is 14.4 Å². The number of aromatic nitrogens is 2. The molecule has 2 N–H and O–H groups in total. The largest absolute Gasteiger partial charge is 0.451 e. The molecule has 0 saturated carbocycles. The molecule has 0 unspecified atom stereocenters. The van der Waals surface area contributed by atoms with Crippen LogP contribution in [-0.2, 0) is 9.53 Å². The van der Waals surface area contributed by atoms with Gasteiger partial charge >= 0.3 is 6.09 Å². The van der Waals surface area contributed by atoms with Crippen molar-refractivity contribution in [2.75, 3.05) is 19.5 Å². The van der Waals surface area contributed by atoms with E-state index < -0.39 is 17.9 Å². The average Bonchev–Trinajstić information content (AvgIpc) is 2.70. The highest BCUT2D eigenvalue weighted by Crippen LogP contribution is 2.11.